The van der Waals surface area contributed by atoms with Crippen LogP contribution in [0.1, 0.15) is 5.56 Å². The van der Waals surface area contributed by atoms with Crippen LogP contribution in [-0.4, -0.2) is 0 Å². The summed E-state index contributed by atoms with van der Waals surface area (Å²) in [6.07, 6.45) is 0. The Labute approximate surface area is 127 Å². The Hall–Kier alpha value is -0.437. The number of benzene rings is 2. The second kappa shape index (κ2) is 8.63. The Bertz CT molecular complexity index is 482. The summed E-state index contributed by atoms with van der Waals surface area (Å²) in [7, 11) is 0. The summed E-state index contributed by atoms with van der Waals surface area (Å²) in [6, 6.07) is 14.7. The summed E-state index contributed by atoms with van der Waals surface area (Å²) in [5, 5.41) is 0.0684. The molecule has 0 unspecified atom stereocenters. The summed E-state index contributed by atoms with van der Waals surface area (Å²) in [5.41, 5.74) is 1.03. The van der Waals surface area contributed by atoms with Crippen LogP contribution in [0, 0.1) is 11.9 Å². The van der Waals surface area contributed by atoms with Gasteiger partial charge < -0.3 is 4.74 Å². The standard InChI is InChI=1S/C13H9ClFO.BrH.Zn/c14-12-8-11(6-7-13(12)15)16-9-10-4-2-1-3-5-10;;/h2-8H,9H2;1H;/q-1;;+2/p-1. The second-order valence-corrected chi connectivity index (χ2v) is 3.68. The normalized spacial score (nSPS) is 9.39. The topological polar surface area (TPSA) is 9.23 Å². The molecule has 0 aliphatic heterocycles. The van der Waals surface area contributed by atoms with Crippen LogP contribution < -0.4 is 4.74 Å². The summed E-state index contributed by atoms with van der Waals surface area (Å²) in [5.74, 6) is 0.113. The Morgan fingerprint density at radius 2 is 1.89 bits per heavy atom. The van der Waals surface area contributed by atoms with Crippen molar-refractivity contribution in [3.05, 3.63) is 64.9 Å². The number of hydrogen-bond donors (Lipinski definition) is 0. The van der Waals surface area contributed by atoms with Crippen molar-refractivity contribution in [1.29, 1.82) is 0 Å². The van der Waals surface area contributed by atoms with E-state index < -0.39 is 5.82 Å². The first-order chi connectivity index (χ1) is 8.75. The molecule has 0 fully saturated rings. The molecule has 90 valence electrons. The molecule has 0 atom stereocenters. The minimum atomic E-state index is -0.441. The van der Waals surface area contributed by atoms with E-state index in [2.05, 4.69) is 19.7 Å². The van der Waals surface area contributed by atoms with Crippen LogP contribution in [0.25, 0.3) is 0 Å². The van der Waals surface area contributed by atoms with Crippen LogP contribution in [-0.2, 0) is 22.9 Å². The third kappa shape index (κ3) is 5.05. The van der Waals surface area contributed by atoms with Crippen molar-refractivity contribution < 1.29 is 25.5 Å². The fraction of sp³-hybridized carbons (Fsp3) is 0.0769. The zero-order valence-electron chi connectivity index (χ0n) is 9.50. The molecule has 0 heterocycles. The molecule has 0 aromatic heterocycles. The SMILES string of the molecule is Fc1ccc(OCc2cc[c-]cc2)cc1Cl.[Zn+][Br]. The van der Waals surface area contributed by atoms with Crippen molar-refractivity contribution >= 4 is 25.2 Å². The molecule has 0 N–H and O–H groups in total. The summed E-state index contributed by atoms with van der Waals surface area (Å²) >= 11 is 9.89. The molecule has 1 nitrogen and oxygen atoms in total. The van der Waals surface area contributed by atoms with Gasteiger partial charge in [0.1, 0.15) is 11.6 Å². The van der Waals surface area contributed by atoms with Crippen molar-refractivity contribution in [3.8, 4) is 5.75 Å². The van der Waals surface area contributed by atoms with Crippen LogP contribution in [0.4, 0.5) is 4.39 Å². The minimum absolute atomic E-state index is 0.0684. The van der Waals surface area contributed by atoms with Gasteiger partial charge in [-0.2, -0.15) is 30.3 Å². The Morgan fingerprint density at radius 1 is 1.22 bits per heavy atom. The van der Waals surface area contributed by atoms with Gasteiger partial charge in [-0.15, -0.1) is 5.56 Å². The van der Waals surface area contributed by atoms with Gasteiger partial charge in [0.25, 0.3) is 0 Å². The molecule has 18 heavy (non-hydrogen) atoms. The van der Waals surface area contributed by atoms with Gasteiger partial charge in [-0.25, -0.2) is 4.39 Å². The van der Waals surface area contributed by atoms with Crippen molar-refractivity contribution in [2.75, 3.05) is 0 Å². The number of ether oxygens (including phenoxy) is 1. The first kappa shape index (κ1) is 15.6. The molecule has 2 rings (SSSR count). The zero-order valence-corrected chi connectivity index (χ0v) is 14.8. The maximum atomic E-state index is 12.9. The molecule has 0 saturated carbocycles. The molecule has 2 aromatic carbocycles. The molecular formula is C13H9BrClFOZn. The van der Waals surface area contributed by atoms with E-state index in [9.17, 15) is 4.39 Å². The van der Waals surface area contributed by atoms with Crippen molar-refractivity contribution in [2.24, 2.45) is 0 Å². The van der Waals surface area contributed by atoms with Crippen molar-refractivity contribution in [2.45, 2.75) is 6.61 Å². The van der Waals surface area contributed by atoms with E-state index in [4.69, 9.17) is 16.3 Å². The average molecular weight is 381 g/mol. The molecule has 0 saturated heterocycles. The fourth-order valence-electron chi connectivity index (χ4n) is 1.25. The molecule has 0 radical (unpaired) electrons. The van der Waals surface area contributed by atoms with Crippen LogP contribution >= 0.6 is 25.2 Å². The van der Waals surface area contributed by atoms with Gasteiger partial charge in [-0.3, -0.25) is 0 Å². The molecular weight excluding hydrogens is 372 g/mol. The van der Waals surface area contributed by atoms with E-state index >= 15 is 0 Å². The van der Waals surface area contributed by atoms with E-state index in [1.165, 1.54) is 28.5 Å². The summed E-state index contributed by atoms with van der Waals surface area (Å²) in [6.45, 7) is 0.427. The van der Waals surface area contributed by atoms with Gasteiger partial charge in [0.05, 0.1) is 11.6 Å². The Kier molecular flexibility index (Phi) is 7.49. The number of halogens is 3. The number of hydrogen-bond acceptors (Lipinski definition) is 1. The van der Waals surface area contributed by atoms with Gasteiger partial charge in [-0.05, 0) is 12.1 Å². The molecule has 0 amide bonds. The molecule has 5 heteroatoms. The quantitative estimate of drug-likeness (QED) is 0.554. The van der Waals surface area contributed by atoms with Crippen molar-refractivity contribution in [3.63, 3.8) is 0 Å². The van der Waals surface area contributed by atoms with Crippen LogP contribution in [0.2, 0.25) is 5.02 Å². The molecule has 0 spiro atoms. The molecule has 2 aromatic rings. The average Bonchev–Trinajstić information content (AvgIpc) is 2.44. The fourth-order valence-corrected chi connectivity index (χ4v) is 1.42. The van der Waals surface area contributed by atoms with Crippen LogP contribution in [0.3, 0.4) is 0 Å². The summed E-state index contributed by atoms with van der Waals surface area (Å²) in [4.78, 5) is 0. The Balaban J connectivity index is 0.000000771. The second-order valence-electron chi connectivity index (χ2n) is 3.27. The predicted octanol–water partition coefficient (Wildman–Crippen LogP) is 4.70. The predicted molar refractivity (Wildman–Crippen MR) is 69.9 cm³/mol. The van der Waals surface area contributed by atoms with Crippen molar-refractivity contribution in [1.82, 2.24) is 0 Å². The molecule has 0 aliphatic rings. The van der Waals surface area contributed by atoms with E-state index in [-0.39, 0.29) is 5.02 Å². The maximum absolute atomic E-state index is 12.9. The zero-order chi connectivity index (χ0) is 13.4. The van der Waals surface area contributed by atoms with E-state index in [0.29, 0.717) is 12.4 Å². The monoisotopic (exact) mass is 378 g/mol. The Morgan fingerprint density at radius 3 is 2.50 bits per heavy atom. The van der Waals surface area contributed by atoms with Gasteiger partial charge in [0.2, 0.25) is 0 Å². The van der Waals surface area contributed by atoms with Gasteiger partial charge in [-0.1, -0.05) is 11.6 Å². The first-order valence-electron chi connectivity index (χ1n) is 5.05. The third-order valence-corrected chi connectivity index (χ3v) is 2.37. The third-order valence-electron chi connectivity index (χ3n) is 2.08. The number of rotatable bonds is 3. The molecule has 0 aliphatic carbocycles. The van der Waals surface area contributed by atoms with E-state index in [1.807, 2.05) is 24.3 Å². The molecule has 0 bridgehead atoms. The van der Waals surface area contributed by atoms with E-state index in [0.717, 1.165) is 5.56 Å². The first-order valence-corrected chi connectivity index (χ1v) is 12.4. The van der Waals surface area contributed by atoms with Crippen LogP contribution in [0.5, 0.6) is 5.75 Å². The van der Waals surface area contributed by atoms with Gasteiger partial charge in [0.15, 0.2) is 0 Å². The van der Waals surface area contributed by atoms with Gasteiger partial charge >= 0.3 is 30.0 Å². The van der Waals surface area contributed by atoms with E-state index in [1.54, 1.807) is 6.07 Å². The summed E-state index contributed by atoms with van der Waals surface area (Å²) < 4.78 is 18.3. The van der Waals surface area contributed by atoms with Crippen LogP contribution in [0.15, 0.2) is 42.5 Å². The van der Waals surface area contributed by atoms with Gasteiger partial charge in [0, 0.05) is 6.07 Å².